The molecule has 27 heavy (non-hydrogen) atoms. The van der Waals surface area contributed by atoms with E-state index < -0.39 is 10.0 Å². The number of methoxy groups -OCH3 is 1. The van der Waals surface area contributed by atoms with Crippen LogP contribution in [0.2, 0.25) is 0 Å². The molecule has 7 heteroatoms. The number of carbonyl (C=O) groups is 1. The first kappa shape index (κ1) is 19.4. The van der Waals surface area contributed by atoms with E-state index in [1.54, 1.807) is 37.3 Å². The van der Waals surface area contributed by atoms with Crippen LogP contribution in [0.1, 0.15) is 24.5 Å². The van der Waals surface area contributed by atoms with Crippen LogP contribution >= 0.6 is 0 Å². The molecule has 0 radical (unpaired) electrons. The Hall–Kier alpha value is -2.38. The molecular formula is C20H24N2O4S. The maximum atomic E-state index is 13.0. The summed E-state index contributed by atoms with van der Waals surface area (Å²) >= 11 is 0. The SMILES string of the molecule is CCC(=O)N1CCc2cc(S(=O)(=O)N(C)Cc3ccc(OC)cc3)ccc21. The van der Waals surface area contributed by atoms with E-state index in [0.29, 0.717) is 19.4 Å². The molecule has 2 aromatic rings. The third-order valence-corrected chi connectivity index (χ3v) is 6.62. The predicted octanol–water partition coefficient (Wildman–Crippen LogP) is 2.82. The lowest BCUT2D eigenvalue weighted by Crippen LogP contribution is -2.28. The van der Waals surface area contributed by atoms with Crippen LogP contribution in [0.4, 0.5) is 5.69 Å². The minimum atomic E-state index is -3.62. The summed E-state index contributed by atoms with van der Waals surface area (Å²) in [5.74, 6) is 0.787. The fourth-order valence-electron chi connectivity index (χ4n) is 3.24. The number of benzene rings is 2. The third-order valence-electron chi connectivity index (χ3n) is 4.82. The molecular weight excluding hydrogens is 364 g/mol. The van der Waals surface area contributed by atoms with Crippen molar-refractivity contribution in [3.05, 3.63) is 53.6 Å². The molecule has 0 bridgehead atoms. The van der Waals surface area contributed by atoms with Crippen LogP contribution in [0.15, 0.2) is 47.4 Å². The van der Waals surface area contributed by atoms with Crippen molar-refractivity contribution < 1.29 is 17.9 Å². The molecule has 1 aliphatic heterocycles. The molecule has 0 saturated heterocycles. The first-order valence-corrected chi connectivity index (χ1v) is 10.3. The Morgan fingerprint density at radius 1 is 1.19 bits per heavy atom. The maximum Gasteiger partial charge on any atom is 0.243 e. The molecule has 0 atom stereocenters. The van der Waals surface area contributed by atoms with Crippen molar-refractivity contribution >= 4 is 21.6 Å². The first-order chi connectivity index (χ1) is 12.9. The molecule has 0 N–H and O–H groups in total. The Morgan fingerprint density at radius 2 is 1.89 bits per heavy atom. The van der Waals surface area contributed by atoms with Gasteiger partial charge in [-0.15, -0.1) is 0 Å². The van der Waals surface area contributed by atoms with Crippen molar-refractivity contribution in [1.82, 2.24) is 4.31 Å². The zero-order chi connectivity index (χ0) is 19.6. The molecule has 0 aromatic heterocycles. The third kappa shape index (κ3) is 3.84. The van der Waals surface area contributed by atoms with E-state index in [4.69, 9.17) is 4.74 Å². The molecule has 1 aliphatic rings. The number of amides is 1. The van der Waals surface area contributed by atoms with Gasteiger partial charge in [-0.3, -0.25) is 4.79 Å². The summed E-state index contributed by atoms with van der Waals surface area (Å²) in [7, 11) is -0.458. The van der Waals surface area contributed by atoms with Crippen molar-refractivity contribution in [2.75, 3.05) is 25.6 Å². The van der Waals surface area contributed by atoms with Crippen molar-refractivity contribution in [3.8, 4) is 5.75 Å². The number of carbonyl (C=O) groups excluding carboxylic acids is 1. The van der Waals surface area contributed by atoms with Crippen LogP contribution in [0, 0.1) is 0 Å². The summed E-state index contributed by atoms with van der Waals surface area (Å²) in [5, 5.41) is 0. The van der Waals surface area contributed by atoms with Crippen molar-refractivity contribution in [2.45, 2.75) is 31.2 Å². The Bertz CT molecular complexity index is 939. The summed E-state index contributed by atoms with van der Waals surface area (Å²) in [6, 6.07) is 12.3. The monoisotopic (exact) mass is 388 g/mol. The standard InChI is InChI=1S/C20H24N2O4S/c1-4-20(23)22-12-11-16-13-18(9-10-19(16)22)27(24,25)21(2)14-15-5-7-17(26-3)8-6-15/h5-10,13H,4,11-12,14H2,1-3H3. The van der Waals surface area contributed by atoms with Gasteiger partial charge in [-0.25, -0.2) is 8.42 Å². The van der Waals surface area contributed by atoms with E-state index in [1.807, 2.05) is 31.2 Å². The largest absolute Gasteiger partial charge is 0.497 e. The van der Waals surface area contributed by atoms with Gasteiger partial charge in [-0.2, -0.15) is 4.31 Å². The number of ether oxygens (including phenoxy) is 1. The van der Waals surface area contributed by atoms with E-state index >= 15 is 0 Å². The molecule has 0 aliphatic carbocycles. The second-order valence-electron chi connectivity index (χ2n) is 6.55. The number of nitrogens with zero attached hydrogens (tertiary/aromatic N) is 2. The van der Waals surface area contributed by atoms with Crippen LogP contribution in [-0.2, 0) is 27.8 Å². The Balaban J connectivity index is 1.81. The highest BCUT2D eigenvalue weighted by Gasteiger charge is 2.27. The quantitative estimate of drug-likeness (QED) is 0.763. The molecule has 0 unspecified atom stereocenters. The van der Waals surface area contributed by atoms with Gasteiger partial charge in [0.15, 0.2) is 0 Å². The van der Waals surface area contributed by atoms with Crippen molar-refractivity contribution in [1.29, 1.82) is 0 Å². The van der Waals surface area contributed by atoms with Gasteiger partial charge in [0.25, 0.3) is 0 Å². The van der Waals surface area contributed by atoms with Crippen LogP contribution in [0.25, 0.3) is 0 Å². The van der Waals surface area contributed by atoms with Gasteiger partial charge in [-0.05, 0) is 47.9 Å². The first-order valence-electron chi connectivity index (χ1n) is 8.89. The highest BCUT2D eigenvalue weighted by molar-refractivity contribution is 7.89. The lowest BCUT2D eigenvalue weighted by atomic mass is 10.2. The Morgan fingerprint density at radius 3 is 2.52 bits per heavy atom. The summed E-state index contributed by atoms with van der Waals surface area (Å²) in [6.07, 6.45) is 1.11. The fraction of sp³-hybridized carbons (Fsp3) is 0.350. The Labute approximate surface area is 160 Å². The van der Waals surface area contributed by atoms with Gasteiger partial charge >= 0.3 is 0 Å². The molecule has 0 fully saturated rings. The van der Waals surface area contributed by atoms with Gasteiger partial charge in [0.2, 0.25) is 15.9 Å². The minimum absolute atomic E-state index is 0.0565. The average molecular weight is 388 g/mol. The smallest absolute Gasteiger partial charge is 0.243 e. The van der Waals surface area contributed by atoms with E-state index in [0.717, 1.165) is 22.6 Å². The second kappa shape index (κ2) is 7.70. The minimum Gasteiger partial charge on any atom is -0.497 e. The normalized spacial score (nSPS) is 13.7. The van der Waals surface area contributed by atoms with E-state index in [9.17, 15) is 13.2 Å². The predicted molar refractivity (Wildman–Crippen MR) is 104 cm³/mol. The molecule has 3 rings (SSSR count). The number of fused-ring (bicyclic) bond motifs is 1. The Kier molecular flexibility index (Phi) is 5.53. The summed E-state index contributed by atoms with van der Waals surface area (Å²) < 4.78 is 32.4. The molecule has 144 valence electrons. The van der Waals surface area contributed by atoms with Crippen LogP contribution in [0.3, 0.4) is 0 Å². The molecule has 2 aromatic carbocycles. The lowest BCUT2D eigenvalue weighted by molar-refractivity contribution is -0.118. The van der Waals surface area contributed by atoms with Crippen LogP contribution in [0.5, 0.6) is 5.75 Å². The van der Waals surface area contributed by atoms with Crippen LogP contribution < -0.4 is 9.64 Å². The van der Waals surface area contributed by atoms with Crippen molar-refractivity contribution in [3.63, 3.8) is 0 Å². The summed E-state index contributed by atoms with van der Waals surface area (Å²) in [6.45, 7) is 2.70. The van der Waals surface area contributed by atoms with E-state index in [2.05, 4.69) is 0 Å². The number of anilines is 1. The molecule has 6 nitrogen and oxygen atoms in total. The molecule has 1 heterocycles. The highest BCUT2D eigenvalue weighted by Crippen LogP contribution is 2.31. The topological polar surface area (TPSA) is 66.9 Å². The zero-order valence-electron chi connectivity index (χ0n) is 15.8. The van der Waals surface area contributed by atoms with E-state index in [-0.39, 0.29) is 17.3 Å². The van der Waals surface area contributed by atoms with Gasteiger partial charge in [-0.1, -0.05) is 19.1 Å². The van der Waals surface area contributed by atoms with Gasteiger partial charge in [0.05, 0.1) is 12.0 Å². The summed E-state index contributed by atoms with van der Waals surface area (Å²) in [4.78, 5) is 14.0. The van der Waals surface area contributed by atoms with Gasteiger partial charge in [0, 0.05) is 32.2 Å². The zero-order valence-corrected chi connectivity index (χ0v) is 16.6. The molecule has 1 amide bonds. The number of hydrogen-bond donors (Lipinski definition) is 0. The number of sulfonamides is 1. The molecule has 0 saturated carbocycles. The van der Waals surface area contributed by atoms with Gasteiger partial charge in [0.1, 0.15) is 5.75 Å². The lowest BCUT2D eigenvalue weighted by Gasteiger charge is -2.19. The average Bonchev–Trinajstić information content (AvgIpc) is 3.11. The molecule has 0 spiro atoms. The summed E-state index contributed by atoms with van der Waals surface area (Å²) in [5.41, 5.74) is 2.59. The van der Waals surface area contributed by atoms with Crippen molar-refractivity contribution in [2.24, 2.45) is 0 Å². The fourth-order valence-corrected chi connectivity index (χ4v) is 4.45. The van der Waals surface area contributed by atoms with Crippen LogP contribution in [-0.4, -0.2) is 39.3 Å². The van der Waals surface area contributed by atoms with E-state index in [1.165, 1.54) is 4.31 Å². The van der Waals surface area contributed by atoms with Gasteiger partial charge < -0.3 is 9.64 Å². The maximum absolute atomic E-state index is 13.0. The number of rotatable bonds is 6. The second-order valence-corrected chi connectivity index (χ2v) is 8.59. The number of hydrogen-bond acceptors (Lipinski definition) is 4. The highest BCUT2D eigenvalue weighted by atomic mass is 32.2.